The van der Waals surface area contributed by atoms with Crippen molar-refractivity contribution >= 4 is 50.7 Å². The number of hydrogen-bond acceptors (Lipinski definition) is 5. The Labute approximate surface area is 233 Å². The molecule has 0 aromatic heterocycles. The molecule has 202 valence electrons. The van der Waals surface area contributed by atoms with Crippen LogP contribution in [0.1, 0.15) is 18.1 Å². The molecule has 1 unspecified atom stereocenters. The quantitative estimate of drug-likeness (QED) is 0.378. The van der Waals surface area contributed by atoms with Gasteiger partial charge in [0.15, 0.2) is 0 Å². The van der Waals surface area contributed by atoms with Gasteiger partial charge in [-0.15, -0.1) is 0 Å². The smallest absolute Gasteiger partial charge is 0.264 e. The number of carbonyl (C=O) groups is 2. The average Bonchev–Trinajstić information content (AvgIpc) is 2.90. The third kappa shape index (κ3) is 6.59. The third-order valence-corrected chi connectivity index (χ3v) is 8.34. The van der Waals surface area contributed by atoms with Crippen molar-refractivity contribution in [2.24, 2.45) is 0 Å². The normalized spacial score (nSPS) is 11.9. The van der Waals surface area contributed by atoms with Crippen LogP contribution in [0.3, 0.4) is 0 Å². The van der Waals surface area contributed by atoms with Crippen molar-refractivity contribution in [3.05, 3.63) is 87.9 Å². The summed E-state index contributed by atoms with van der Waals surface area (Å²) in [5.41, 5.74) is 1.51. The van der Waals surface area contributed by atoms with Crippen molar-refractivity contribution in [1.82, 2.24) is 10.2 Å². The Kier molecular flexibility index (Phi) is 9.65. The van der Waals surface area contributed by atoms with E-state index in [0.717, 1.165) is 9.87 Å². The maximum absolute atomic E-state index is 13.9. The fourth-order valence-electron chi connectivity index (χ4n) is 3.85. The molecule has 2 amide bonds. The number of carbonyl (C=O) groups excluding carboxylic acids is 2. The zero-order valence-electron chi connectivity index (χ0n) is 21.4. The van der Waals surface area contributed by atoms with E-state index in [2.05, 4.69) is 5.32 Å². The SMILES string of the molecule is CNC(=O)C(C)N(Cc1ccc(Cl)cc1Cl)C(=O)CN(c1cc(C)ccc1OC)S(=O)(=O)c1ccccc1. The number of rotatable bonds is 10. The number of likely N-dealkylation sites (N-methyl/N-ethyl adjacent to an activating group) is 1. The van der Waals surface area contributed by atoms with E-state index in [9.17, 15) is 18.0 Å². The van der Waals surface area contributed by atoms with Gasteiger partial charge in [0.2, 0.25) is 11.8 Å². The molecular weight excluding hydrogens is 549 g/mol. The van der Waals surface area contributed by atoms with Crippen LogP contribution in [-0.2, 0) is 26.2 Å². The Bertz CT molecular complexity index is 1420. The lowest BCUT2D eigenvalue weighted by Crippen LogP contribution is -2.50. The molecule has 0 heterocycles. The first-order valence-corrected chi connectivity index (χ1v) is 13.9. The number of nitrogens with zero attached hydrogens (tertiary/aromatic N) is 2. The molecule has 3 aromatic carbocycles. The number of aryl methyl sites for hydroxylation is 1. The molecule has 0 bridgehead atoms. The van der Waals surface area contributed by atoms with E-state index in [1.54, 1.807) is 62.4 Å². The molecular formula is C27H29Cl2N3O5S. The van der Waals surface area contributed by atoms with Gasteiger partial charge in [-0.2, -0.15) is 0 Å². The largest absolute Gasteiger partial charge is 0.495 e. The fraction of sp³-hybridized carbons (Fsp3) is 0.259. The van der Waals surface area contributed by atoms with E-state index < -0.39 is 34.4 Å². The molecule has 0 aliphatic heterocycles. The average molecular weight is 579 g/mol. The fourth-order valence-corrected chi connectivity index (χ4v) is 5.76. The van der Waals surface area contributed by atoms with Crippen molar-refractivity contribution in [3.63, 3.8) is 0 Å². The predicted molar refractivity (Wildman–Crippen MR) is 149 cm³/mol. The minimum atomic E-state index is -4.21. The lowest BCUT2D eigenvalue weighted by atomic mass is 10.1. The summed E-state index contributed by atoms with van der Waals surface area (Å²) in [6, 6.07) is 16.7. The van der Waals surface area contributed by atoms with Gasteiger partial charge in [0.1, 0.15) is 18.3 Å². The van der Waals surface area contributed by atoms with Crippen molar-refractivity contribution in [2.45, 2.75) is 31.3 Å². The zero-order chi connectivity index (χ0) is 28.0. The van der Waals surface area contributed by atoms with Crippen LogP contribution in [0.25, 0.3) is 0 Å². The maximum Gasteiger partial charge on any atom is 0.264 e. The second kappa shape index (κ2) is 12.5. The number of amides is 2. The second-order valence-corrected chi connectivity index (χ2v) is 11.3. The van der Waals surface area contributed by atoms with E-state index in [1.807, 2.05) is 0 Å². The van der Waals surface area contributed by atoms with Crippen LogP contribution in [0, 0.1) is 6.92 Å². The Hall–Kier alpha value is -3.27. The summed E-state index contributed by atoms with van der Waals surface area (Å²) in [5, 5.41) is 3.27. The van der Waals surface area contributed by atoms with E-state index in [4.69, 9.17) is 27.9 Å². The number of ether oxygens (including phenoxy) is 1. The van der Waals surface area contributed by atoms with Gasteiger partial charge < -0.3 is 15.0 Å². The number of sulfonamides is 1. The van der Waals surface area contributed by atoms with Gasteiger partial charge in [-0.1, -0.05) is 53.5 Å². The molecule has 0 fully saturated rings. The summed E-state index contributed by atoms with van der Waals surface area (Å²) in [4.78, 5) is 27.7. The molecule has 0 aliphatic carbocycles. The molecule has 11 heteroatoms. The Morgan fingerprint density at radius 3 is 2.32 bits per heavy atom. The molecule has 38 heavy (non-hydrogen) atoms. The number of halogens is 2. The van der Waals surface area contributed by atoms with Crippen LogP contribution in [0.5, 0.6) is 5.75 Å². The van der Waals surface area contributed by atoms with Gasteiger partial charge in [-0.05, 0) is 61.4 Å². The molecule has 0 aliphatic rings. The first-order chi connectivity index (χ1) is 18.0. The van der Waals surface area contributed by atoms with Crippen LogP contribution < -0.4 is 14.4 Å². The van der Waals surface area contributed by atoms with Crippen molar-refractivity contribution in [2.75, 3.05) is 25.0 Å². The van der Waals surface area contributed by atoms with Gasteiger partial charge in [0.05, 0.1) is 17.7 Å². The van der Waals surface area contributed by atoms with E-state index in [0.29, 0.717) is 15.6 Å². The van der Waals surface area contributed by atoms with Gasteiger partial charge in [-0.3, -0.25) is 13.9 Å². The Balaban J connectivity index is 2.11. The summed E-state index contributed by atoms with van der Waals surface area (Å²) in [5.74, 6) is -0.765. The van der Waals surface area contributed by atoms with Crippen molar-refractivity contribution in [3.8, 4) is 5.75 Å². The number of hydrogen-bond donors (Lipinski definition) is 1. The Morgan fingerprint density at radius 1 is 1.03 bits per heavy atom. The standard InChI is InChI=1S/C27H29Cl2N3O5S/c1-18-10-13-25(37-4)24(14-18)32(38(35,36)22-8-6-5-7-9-22)17-26(33)31(19(2)27(34)30-3)16-20-11-12-21(28)15-23(20)29/h5-15,19H,16-17H2,1-4H3,(H,30,34). The highest BCUT2D eigenvalue weighted by atomic mass is 35.5. The molecule has 3 aromatic rings. The molecule has 0 spiro atoms. The van der Waals surface area contributed by atoms with Crippen LogP contribution in [-0.4, -0.2) is 51.9 Å². The minimum Gasteiger partial charge on any atom is -0.495 e. The highest BCUT2D eigenvalue weighted by Gasteiger charge is 2.33. The molecule has 0 saturated heterocycles. The zero-order valence-corrected chi connectivity index (χ0v) is 23.8. The molecule has 0 saturated carbocycles. The maximum atomic E-state index is 13.9. The summed E-state index contributed by atoms with van der Waals surface area (Å²) in [6.45, 7) is 2.72. The van der Waals surface area contributed by atoms with Crippen LogP contribution in [0.2, 0.25) is 10.0 Å². The Morgan fingerprint density at radius 2 is 1.71 bits per heavy atom. The molecule has 0 radical (unpaired) electrons. The van der Waals surface area contributed by atoms with Crippen LogP contribution in [0.4, 0.5) is 5.69 Å². The topological polar surface area (TPSA) is 96.0 Å². The lowest BCUT2D eigenvalue weighted by Gasteiger charge is -2.32. The van der Waals surface area contributed by atoms with Crippen molar-refractivity contribution in [1.29, 1.82) is 0 Å². The molecule has 3 rings (SSSR count). The molecule has 1 atom stereocenters. The van der Waals surface area contributed by atoms with Crippen LogP contribution in [0.15, 0.2) is 71.6 Å². The van der Waals surface area contributed by atoms with Gasteiger partial charge in [-0.25, -0.2) is 8.42 Å². The first kappa shape index (κ1) is 29.3. The highest BCUT2D eigenvalue weighted by molar-refractivity contribution is 7.92. The van der Waals surface area contributed by atoms with Crippen molar-refractivity contribution < 1.29 is 22.7 Å². The molecule has 1 N–H and O–H groups in total. The van der Waals surface area contributed by atoms with Gasteiger partial charge >= 0.3 is 0 Å². The third-order valence-electron chi connectivity index (χ3n) is 5.98. The monoisotopic (exact) mass is 577 g/mol. The number of methoxy groups -OCH3 is 1. The minimum absolute atomic E-state index is 0.00278. The summed E-state index contributed by atoms with van der Waals surface area (Å²) in [7, 11) is -1.33. The number of nitrogens with one attached hydrogen (secondary N) is 1. The summed E-state index contributed by atoms with van der Waals surface area (Å²) >= 11 is 12.4. The highest BCUT2D eigenvalue weighted by Crippen LogP contribution is 2.34. The summed E-state index contributed by atoms with van der Waals surface area (Å²) < 4.78 is 34.2. The van der Waals surface area contributed by atoms with Gasteiger partial charge in [0, 0.05) is 23.6 Å². The number of benzene rings is 3. The van der Waals surface area contributed by atoms with E-state index in [-0.39, 0.29) is 22.9 Å². The number of anilines is 1. The van der Waals surface area contributed by atoms with E-state index >= 15 is 0 Å². The first-order valence-electron chi connectivity index (χ1n) is 11.7. The predicted octanol–water partition coefficient (Wildman–Crippen LogP) is 4.67. The summed E-state index contributed by atoms with van der Waals surface area (Å²) in [6.07, 6.45) is 0. The second-order valence-electron chi connectivity index (χ2n) is 8.55. The van der Waals surface area contributed by atoms with E-state index in [1.165, 1.54) is 37.3 Å². The molecule has 8 nitrogen and oxygen atoms in total. The van der Waals surface area contributed by atoms with Gasteiger partial charge in [0.25, 0.3) is 10.0 Å². The van der Waals surface area contributed by atoms with Crippen LogP contribution >= 0.6 is 23.2 Å². The lowest BCUT2D eigenvalue weighted by molar-refractivity contribution is -0.139.